The van der Waals surface area contributed by atoms with E-state index < -0.39 is 0 Å². The van der Waals surface area contributed by atoms with Crippen LogP contribution in [0.15, 0.2) is 30.7 Å². The summed E-state index contributed by atoms with van der Waals surface area (Å²) in [5, 5.41) is 0.398. The molecule has 5 heteroatoms. The number of rotatable bonds is 3. The molecule has 0 radical (unpaired) electrons. The molecular weight excluding hydrogens is 240 g/mol. The number of nitrogens with zero attached hydrogens (tertiary/aromatic N) is 2. The maximum atomic E-state index is 6.02. The Bertz CT molecular complexity index is 509. The van der Waals surface area contributed by atoms with Crippen molar-refractivity contribution in [3.05, 3.63) is 35.9 Å². The number of hydrogen-bond acceptors (Lipinski definition) is 4. The Balaban J connectivity index is 2.55. The molecule has 0 saturated heterocycles. The van der Waals surface area contributed by atoms with Crippen molar-refractivity contribution in [1.82, 2.24) is 9.97 Å². The van der Waals surface area contributed by atoms with Gasteiger partial charge in [0.05, 0.1) is 14.2 Å². The molecule has 0 spiro atoms. The van der Waals surface area contributed by atoms with Crippen molar-refractivity contribution in [2.24, 2.45) is 0 Å². The van der Waals surface area contributed by atoms with E-state index in [1.54, 1.807) is 26.5 Å². The van der Waals surface area contributed by atoms with Crippen molar-refractivity contribution < 1.29 is 9.47 Å². The zero-order chi connectivity index (χ0) is 12.3. The molecule has 0 amide bonds. The number of hydrogen-bond donors (Lipinski definition) is 0. The van der Waals surface area contributed by atoms with Gasteiger partial charge in [0.25, 0.3) is 0 Å². The Morgan fingerprint density at radius 1 is 1.06 bits per heavy atom. The van der Waals surface area contributed by atoms with Gasteiger partial charge < -0.3 is 9.47 Å². The third-order valence-corrected chi connectivity index (χ3v) is 2.63. The van der Waals surface area contributed by atoms with Crippen molar-refractivity contribution in [3.63, 3.8) is 0 Å². The van der Waals surface area contributed by atoms with Crippen molar-refractivity contribution in [1.29, 1.82) is 0 Å². The van der Waals surface area contributed by atoms with Crippen LogP contribution in [0.25, 0.3) is 11.1 Å². The van der Waals surface area contributed by atoms with Crippen LogP contribution < -0.4 is 9.47 Å². The van der Waals surface area contributed by atoms with Crippen molar-refractivity contribution in [2.45, 2.75) is 0 Å². The number of aromatic nitrogens is 2. The molecule has 1 aromatic heterocycles. The van der Waals surface area contributed by atoms with Gasteiger partial charge >= 0.3 is 0 Å². The largest absolute Gasteiger partial charge is 0.497 e. The molecular formula is C12H11ClN2O2. The highest BCUT2D eigenvalue weighted by Gasteiger charge is 2.08. The van der Waals surface area contributed by atoms with Crippen LogP contribution in [0.5, 0.6) is 11.5 Å². The second kappa shape index (κ2) is 5.01. The van der Waals surface area contributed by atoms with Crippen LogP contribution in [-0.4, -0.2) is 24.2 Å². The number of methoxy groups -OCH3 is 2. The van der Waals surface area contributed by atoms with Crippen LogP contribution in [0.2, 0.25) is 5.15 Å². The van der Waals surface area contributed by atoms with Crippen molar-refractivity contribution in [3.8, 4) is 22.6 Å². The maximum Gasteiger partial charge on any atom is 0.140 e. The highest BCUT2D eigenvalue weighted by molar-refractivity contribution is 6.32. The molecule has 0 fully saturated rings. The Morgan fingerprint density at radius 2 is 1.71 bits per heavy atom. The van der Waals surface area contributed by atoms with Crippen LogP contribution >= 0.6 is 11.6 Å². The molecule has 88 valence electrons. The highest BCUT2D eigenvalue weighted by Crippen LogP contribution is 2.32. The molecule has 0 aliphatic rings. The van der Waals surface area contributed by atoms with Gasteiger partial charge in [0, 0.05) is 17.8 Å². The first kappa shape index (κ1) is 11.7. The van der Waals surface area contributed by atoms with E-state index in [1.807, 2.05) is 12.1 Å². The summed E-state index contributed by atoms with van der Waals surface area (Å²) in [6, 6.07) is 5.50. The summed E-state index contributed by atoms with van der Waals surface area (Å²) in [4.78, 5) is 7.89. The number of ether oxygens (including phenoxy) is 2. The van der Waals surface area contributed by atoms with E-state index in [2.05, 4.69) is 9.97 Å². The maximum absolute atomic E-state index is 6.02. The Hall–Kier alpha value is -1.81. The summed E-state index contributed by atoms with van der Waals surface area (Å²) in [6.45, 7) is 0. The lowest BCUT2D eigenvalue weighted by molar-refractivity contribution is 0.394. The monoisotopic (exact) mass is 250 g/mol. The SMILES string of the molecule is COc1cc(OC)cc(-c2cncnc2Cl)c1. The standard InChI is InChI=1S/C12H11ClN2O2/c1-16-9-3-8(4-10(5-9)17-2)11-6-14-7-15-12(11)13/h3-7H,1-2H3. The van der Waals surface area contributed by atoms with Gasteiger partial charge in [0.1, 0.15) is 23.0 Å². The van der Waals surface area contributed by atoms with E-state index in [-0.39, 0.29) is 0 Å². The van der Waals surface area contributed by atoms with E-state index in [0.717, 1.165) is 11.1 Å². The van der Waals surface area contributed by atoms with Gasteiger partial charge in [-0.3, -0.25) is 0 Å². The zero-order valence-corrected chi connectivity index (χ0v) is 10.2. The average molecular weight is 251 g/mol. The molecule has 0 atom stereocenters. The van der Waals surface area contributed by atoms with Crippen LogP contribution in [0.1, 0.15) is 0 Å². The van der Waals surface area contributed by atoms with Crippen molar-refractivity contribution >= 4 is 11.6 Å². The molecule has 0 bridgehead atoms. The Morgan fingerprint density at radius 3 is 2.24 bits per heavy atom. The van der Waals surface area contributed by atoms with E-state index in [4.69, 9.17) is 21.1 Å². The summed E-state index contributed by atoms with van der Waals surface area (Å²) in [5.74, 6) is 1.39. The van der Waals surface area contributed by atoms with Crippen molar-refractivity contribution in [2.75, 3.05) is 14.2 Å². The van der Waals surface area contributed by atoms with E-state index in [0.29, 0.717) is 16.7 Å². The van der Waals surface area contributed by atoms with E-state index in [1.165, 1.54) is 6.33 Å². The smallest absolute Gasteiger partial charge is 0.140 e. The molecule has 2 aromatic rings. The van der Waals surface area contributed by atoms with Crippen LogP contribution in [0.4, 0.5) is 0 Å². The van der Waals surface area contributed by atoms with Gasteiger partial charge in [-0.2, -0.15) is 0 Å². The fraction of sp³-hybridized carbons (Fsp3) is 0.167. The first-order valence-corrected chi connectivity index (χ1v) is 5.31. The predicted molar refractivity (Wildman–Crippen MR) is 65.6 cm³/mol. The van der Waals surface area contributed by atoms with Gasteiger partial charge in [-0.1, -0.05) is 11.6 Å². The first-order chi connectivity index (χ1) is 8.24. The van der Waals surface area contributed by atoms with Gasteiger partial charge in [-0.25, -0.2) is 9.97 Å². The Kier molecular flexibility index (Phi) is 3.44. The molecule has 0 aliphatic heterocycles. The second-order valence-corrected chi connectivity index (χ2v) is 3.69. The lowest BCUT2D eigenvalue weighted by Gasteiger charge is -2.08. The quantitative estimate of drug-likeness (QED) is 0.786. The molecule has 0 unspecified atom stereocenters. The lowest BCUT2D eigenvalue weighted by atomic mass is 10.1. The third-order valence-electron chi connectivity index (χ3n) is 2.33. The number of benzene rings is 1. The first-order valence-electron chi connectivity index (χ1n) is 4.93. The summed E-state index contributed by atoms with van der Waals surface area (Å²) >= 11 is 6.02. The van der Waals surface area contributed by atoms with E-state index >= 15 is 0 Å². The molecule has 0 aliphatic carbocycles. The average Bonchev–Trinajstić information content (AvgIpc) is 2.38. The van der Waals surface area contributed by atoms with E-state index in [9.17, 15) is 0 Å². The normalized spacial score (nSPS) is 10.1. The molecule has 4 nitrogen and oxygen atoms in total. The van der Waals surface area contributed by atoms with Crippen LogP contribution in [0.3, 0.4) is 0 Å². The summed E-state index contributed by atoms with van der Waals surface area (Å²) in [5.41, 5.74) is 1.60. The molecule has 0 saturated carbocycles. The summed E-state index contributed by atoms with van der Waals surface area (Å²) < 4.78 is 10.4. The van der Waals surface area contributed by atoms with Gasteiger partial charge in [0.15, 0.2) is 0 Å². The highest BCUT2D eigenvalue weighted by atomic mass is 35.5. The van der Waals surface area contributed by atoms with Crippen LogP contribution in [0, 0.1) is 0 Å². The van der Waals surface area contributed by atoms with Gasteiger partial charge in [0.2, 0.25) is 0 Å². The molecule has 1 aromatic carbocycles. The topological polar surface area (TPSA) is 44.2 Å². The fourth-order valence-corrected chi connectivity index (χ4v) is 1.67. The van der Waals surface area contributed by atoms with Crippen LogP contribution in [-0.2, 0) is 0 Å². The fourth-order valence-electron chi connectivity index (χ4n) is 1.47. The molecule has 1 heterocycles. The molecule has 17 heavy (non-hydrogen) atoms. The minimum absolute atomic E-state index is 0.398. The van der Waals surface area contributed by atoms with Gasteiger partial charge in [-0.05, 0) is 17.7 Å². The lowest BCUT2D eigenvalue weighted by Crippen LogP contribution is -1.90. The Labute approximate surface area is 104 Å². The zero-order valence-electron chi connectivity index (χ0n) is 9.48. The summed E-state index contributed by atoms with van der Waals surface area (Å²) in [6.07, 6.45) is 3.06. The minimum Gasteiger partial charge on any atom is -0.497 e. The minimum atomic E-state index is 0.398. The van der Waals surface area contributed by atoms with Gasteiger partial charge in [-0.15, -0.1) is 0 Å². The predicted octanol–water partition coefficient (Wildman–Crippen LogP) is 2.81. The molecule has 2 rings (SSSR count). The number of halogens is 1. The second-order valence-electron chi connectivity index (χ2n) is 3.33. The summed E-state index contributed by atoms with van der Waals surface area (Å²) in [7, 11) is 3.20. The third kappa shape index (κ3) is 2.47. The molecule has 0 N–H and O–H groups in total.